The van der Waals surface area contributed by atoms with Crippen molar-refractivity contribution in [1.29, 1.82) is 0 Å². The maximum atomic E-state index is 12.3. The van der Waals surface area contributed by atoms with Crippen LogP contribution in [0.3, 0.4) is 0 Å². The Kier molecular flexibility index (Phi) is 7.19. The molecule has 0 saturated heterocycles. The van der Waals surface area contributed by atoms with Crippen LogP contribution in [0.2, 0.25) is 0 Å². The fourth-order valence-electron chi connectivity index (χ4n) is 4.19. The first-order chi connectivity index (χ1) is 14.3. The van der Waals surface area contributed by atoms with Gasteiger partial charge in [0.2, 0.25) is 5.91 Å². The van der Waals surface area contributed by atoms with Crippen molar-refractivity contribution in [2.75, 3.05) is 18.0 Å². The van der Waals surface area contributed by atoms with E-state index >= 15 is 0 Å². The third-order valence-corrected chi connectivity index (χ3v) is 6.00. The number of hydrogen-bond donors (Lipinski definition) is 1. The molecule has 0 radical (unpaired) electrons. The molecule has 0 atom stereocenters. The Morgan fingerprint density at radius 3 is 2.40 bits per heavy atom. The Bertz CT molecular complexity index is 870. The standard InChI is InChI=1S/C26H36N2O2/c1-20(29)28-16-10-6-5-9-15-27(18-21-11-7-8-12-24(21)28)19-22-17-23(26(2,3)4)13-14-25(22)30/h7-8,11-14,17,30H,5-6,9-10,15-16,18-19H2,1-4H3. The SMILES string of the molecule is CC(=O)N1CCCCCCN(Cc2cc(C(C)(C)C)ccc2O)Cc2ccccc21. The second-order valence-electron chi connectivity index (χ2n) is 9.52. The lowest BCUT2D eigenvalue weighted by Gasteiger charge is -2.28. The number of phenols is 1. The number of hydrogen-bond acceptors (Lipinski definition) is 3. The van der Waals surface area contributed by atoms with Crippen LogP contribution in [-0.2, 0) is 23.3 Å². The van der Waals surface area contributed by atoms with Crippen LogP contribution in [0.15, 0.2) is 42.5 Å². The second kappa shape index (κ2) is 9.65. The summed E-state index contributed by atoms with van der Waals surface area (Å²) in [5, 5.41) is 10.5. The lowest BCUT2D eigenvalue weighted by molar-refractivity contribution is -0.116. The van der Waals surface area contributed by atoms with E-state index in [0.29, 0.717) is 12.3 Å². The third kappa shape index (κ3) is 5.63. The van der Waals surface area contributed by atoms with E-state index in [-0.39, 0.29) is 11.3 Å². The van der Waals surface area contributed by atoms with Crippen molar-refractivity contribution in [3.63, 3.8) is 0 Å². The van der Waals surface area contributed by atoms with Gasteiger partial charge in [0.25, 0.3) is 0 Å². The number of nitrogens with zero attached hydrogens (tertiary/aromatic N) is 2. The van der Waals surface area contributed by atoms with Crippen LogP contribution in [0.4, 0.5) is 5.69 Å². The first kappa shape index (κ1) is 22.4. The van der Waals surface area contributed by atoms with Crippen molar-refractivity contribution in [2.45, 2.75) is 71.9 Å². The van der Waals surface area contributed by atoms with Gasteiger partial charge in [0, 0.05) is 37.8 Å². The lowest BCUT2D eigenvalue weighted by atomic mass is 9.86. The van der Waals surface area contributed by atoms with Gasteiger partial charge in [-0.3, -0.25) is 9.69 Å². The number of phenolic OH excluding ortho intramolecular Hbond substituents is 1. The second-order valence-corrected chi connectivity index (χ2v) is 9.52. The van der Waals surface area contributed by atoms with Gasteiger partial charge >= 0.3 is 0 Å². The van der Waals surface area contributed by atoms with Crippen molar-refractivity contribution in [3.05, 3.63) is 59.2 Å². The van der Waals surface area contributed by atoms with Crippen molar-refractivity contribution in [1.82, 2.24) is 4.90 Å². The Hall–Kier alpha value is -2.33. The van der Waals surface area contributed by atoms with Gasteiger partial charge in [0.1, 0.15) is 5.75 Å². The van der Waals surface area contributed by atoms with E-state index < -0.39 is 0 Å². The molecule has 1 aliphatic heterocycles. The van der Waals surface area contributed by atoms with E-state index in [4.69, 9.17) is 0 Å². The summed E-state index contributed by atoms with van der Waals surface area (Å²) in [5.74, 6) is 0.458. The van der Waals surface area contributed by atoms with Gasteiger partial charge in [-0.05, 0) is 48.1 Å². The molecule has 0 aliphatic carbocycles. The van der Waals surface area contributed by atoms with Crippen LogP contribution < -0.4 is 4.90 Å². The molecule has 4 heteroatoms. The number of para-hydroxylation sites is 1. The summed E-state index contributed by atoms with van der Waals surface area (Å²) in [7, 11) is 0. The number of rotatable bonds is 2. The highest BCUT2D eigenvalue weighted by atomic mass is 16.3. The molecule has 0 aromatic heterocycles. The number of benzene rings is 2. The molecule has 2 aromatic carbocycles. The molecule has 3 rings (SSSR count). The largest absolute Gasteiger partial charge is 0.508 e. The Labute approximate surface area is 181 Å². The molecule has 0 unspecified atom stereocenters. The van der Waals surface area contributed by atoms with E-state index in [9.17, 15) is 9.90 Å². The first-order valence-electron chi connectivity index (χ1n) is 11.2. The molecular formula is C26H36N2O2. The quantitative estimate of drug-likeness (QED) is 0.701. The minimum absolute atomic E-state index is 0.0423. The van der Waals surface area contributed by atoms with Crippen LogP contribution in [0.5, 0.6) is 5.75 Å². The zero-order valence-electron chi connectivity index (χ0n) is 18.9. The lowest BCUT2D eigenvalue weighted by Crippen LogP contribution is -2.31. The van der Waals surface area contributed by atoms with Crippen molar-refractivity contribution in [3.8, 4) is 5.75 Å². The maximum Gasteiger partial charge on any atom is 0.223 e. The molecular weight excluding hydrogens is 372 g/mol. The van der Waals surface area contributed by atoms with Gasteiger partial charge in [-0.2, -0.15) is 0 Å². The summed E-state index contributed by atoms with van der Waals surface area (Å²) in [6.07, 6.45) is 4.45. The van der Waals surface area contributed by atoms with Crippen LogP contribution in [0, 0.1) is 0 Å². The van der Waals surface area contributed by atoms with E-state index in [0.717, 1.165) is 56.6 Å². The predicted octanol–water partition coefficient (Wildman–Crippen LogP) is 5.62. The minimum atomic E-state index is 0.0423. The number of anilines is 1. The van der Waals surface area contributed by atoms with E-state index in [1.54, 1.807) is 6.92 Å². The summed E-state index contributed by atoms with van der Waals surface area (Å²) in [5.41, 5.74) is 4.43. The monoisotopic (exact) mass is 408 g/mol. The summed E-state index contributed by atoms with van der Waals surface area (Å²) >= 11 is 0. The molecule has 1 heterocycles. The topological polar surface area (TPSA) is 43.8 Å². The van der Waals surface area contributed by atoms with Crippen LogP contribution >= 0.6 is 0 Å². The van der Waals surface area contributed by atoms with E-state index in [2.05, 4.69) is 43.9 Å². The number of amides is 1. The summed E-state index contributed by atoms with van der Waals surface area (Å²) in [6, 6.07) is 14.2. The Morgan fingerprint density at radius 1 is 1.00 bits per heavy atom. The molecule has 1 N–H and O–H groups in total. The maximum absolute atomic E-state index is 12.3. The average Bonchev–Trinajstić information content (AvgIpc) is 2.72. The summed E-state index contributed by atoms with van der Waals surface area (Å²) in [6.45, 7) is 11.5. The molecule has 0 spiro atoms. The van der Waals surface area contributed by atoms with Crippen LogP contribution in [-0.4, -0.2) is 29.0 Å². The molecule has 0 fully saturated rings. The molecule has 0 bridgehead atoms. The number of fused-ring (bicyclic) bond motifs is 1. The molecule has 1 aliphatic rings. The van der Waals surface area contributed by atoms with Crippen molar-refractivity contribution >= 4 is 11.6 Å². The first-order valence-corrected chi connectivity index (χ1v) is 11.2. The molecule has 30 heavy (non-hydrogen) atoms. The van der Waals surface area contributed by atoms with Gasteiger partial charge < -0.3 is 10.0 Å². The van der Waals surface area contributed by atoms with Crippen molar-refractivity contribution < 1.29 is 9.90 Å². The average molecular weight is 409 g/mol. The van der Waals surface area contributed by atoms with Gasteiger partial charge in [0.05, 0.1) is 0 Å². The molecule has 2 aromatic rings. The number of aromatic hydroxyl groups is 1. The minimum Gasteiger partial charge on any atom is -0.508 e. The van der Waals surface area contributed by atoms with Gasteiger partial charge in [-0.1, -0.05) is 63.9 Å². The number of carbonyl (C=O) groups excluding carboxylic acids is 1. The zero-order valence-corrected chi connectivity index (χ0v) is 18.9. The van der Waals surface area contributed by atoms with Gasteiger partial charge in [0.15, 0.2) is 0 Å². The third-order valence-electron chi connectivity index (χ3n) is 6.00. The number of carbonyl (C=O) groups is 1. The fraction of sp³-hybridized carbons (Fsp3) is 0.500. The zero-order chi connectivity index (χ0) is 21.7. The molecule has 1 amide bonds. The van der Waals surface area contributed by atoms with Crippen LogP contribution in [0.25, 0.3) is 0 Å². The fourth-order valence-corrected chi connectivity index (χ4v) is 4.19. The highest BCUT2D eigenvalue weighted by molar-refractivity contribution is 5.92. The smallest absolute Gasteiger partial charge is 0.223 e. The van der Waals surface area contributed by atoms with Gasteiger partial charge in [-0.15, -0.1) is 0 Å². The Morgan fingerprint density at radius 2 is 1.70 bits per heavy atom. The Balaban J connectivity index is 1.91. The molecule has 162 valence electrons. The highest BCUT2D eigenvalue weighted by Gasteiger charge is 2.20. The highest BCUT2D eigenvalue weighted by Crippen LogP contribution is 2.30. The van der Waals surface area contributed by atoms with Gasteiger partial charge in [-0.25, -0.2) is 0 Å². The van der Waals surface area contributed by atoms with Crippen LogP contribution in [0.1, 0.15) is 70.1 Å². The summed E-state index contributed by atoms with van der Waals surface area (Å²) in [4.78, 5) is 16.7. The molecule has 4 nitrogen and oxygen atoms in total. The normalized spacial score (nSPS) is 16.6. The predicted molar refractivity (Wildman–Crippen MR) is 124 cm³/mol. The molecule has 0 saturated carbocycles. The van der Waals surface area contributed by atoms with E-state index in [1.807, 2.05) is 29.2 Å². The van der Waals surface area contributed by atoms with Crippen molar-refractivity contribution in [2.24, 2.45) is 0 Å². The summed E-state index contributed by atoms with van der Waals surface area (Å²) < 4.78 is 0. The van der Waals surface area contributed by atoms with E-state index in [1.165, 1.54) is 11.1 Å².